The van der Waals surface area contributed by atoms with Gasteiger partial charge in [0.15, 0.2) is 11.6 Å². The van der Waals surface area contributed by atoms with E-state index in [-0.39, 0.29) is 13.0 Å². The molecule has 1 unspecified atom stereocenters. The third-order valence-corrected chi connectivity index (χ3v) is 6.08. The monoisotopic (exact) mass is 469 g/mol. The number of carbonyl (C=O) groups is 1. The minimum absolute atomic E-state index is 0. The Morgan fingerprint density at radius 3 is 2.57 bits per heavy atom. The van der Waals surface area contributed by atoms with Crippen molar-refractivity contribution in [2.24, 2.45) is 0 Å². The molecule has 1 saturated carbocycles. The second kappa shape index (κ2) is 11.0. The van der Waals surface area contributed by atoms with Gasteiger partial charge in [-0.15, -0.1) is 0 Å². The molecule has 35 heavy (non-hydrogen) atoms. The van der Waals surface area contributed by atoms with Gasteiger partial charge in [-0.25, -0.2) is 8.78 Å². The average molecular weight is 470 g/mol. The van der Waals surface area contributed by atoms with Gasteiger partial charge < -0.3 is 5.32 Å². The first-order valence-electron chi connectivity index (χ1n) is 11.8. The molecule has 0 heterocycles. The van der Waals surface area contributed by atoms with Crippen LogP contribution < -0.4 is 5.32 Å². The Labute approximate surface area is 206 Å². The lowest BCUT2D eigenvalue weighted by Crippen LogP contribution is -2.19. The van der Waals surface area contributed by atoms with E-state index in [1.807, 2.05) is 19.1 Å². The molecule has 2 nitrogen and oxygen atoms in total. The fourth-order valence-electron chi connectivity index (χ4n) is 3.94. The Morgan fingerprint density at radius 2 is 1.86 bits per heavy atom. The molecule has 1 aliphatic rings. The van der Waals surface area contributed by atoms with Crippen LogP contribution in [-0.4, -0.2) is 5.78 Å². The number of ketones is 1. The highest BCUT2D eigenvalue weighted by atomic mass is 19.2. The van der Waals surface area contributed by atoms with E-state index in [4.69, 9.17) is 0 Å². The smallest absolute Gasteiger partial charge is 0.239 e. The molecule has 3 aromatic carbocycles. The fraction of sp³-hybridized carbons (Fsp3) is 0.194. The zero-order chi connectivity index (χ0) is 24.8. The number of rotatable bonds is 7. The zero-order valence-electron chi connectivity index (χ0n) is 19.9. The van der Waals surface area contributed by atoms with Crippen molar-refractivity contribution < 1.29 is 15.0 Å². The number of allylic oxidation sites excluding steroid dienone is 2. The molecule has 1 aliphatic carbocycles. The van der Waals surface area contributed by atoms with Crippen LogP contribution in [0.15, 0.2) is 78.4 Å². The van der Waals surface area contributed by atoms with Crippen LogP contribution in [0.25, 0.3) is 11.8 Å². The summed E-state index contributed by atoms with van der Waals surface area (Å²) in [6, 6.07) is 20.5. The molecule has 4 rings (SSSR count). The molecular formula is C31H29F2NO. The van der Waals surface area contributed by atoms with Crippen LogP contribution in [0.3, 0.4) is 0 Å². The van der Waals surface area contributed by atoms with Crippen LogP contribution in [0, 0.1) is 30.4 Å². The van der Waals surface area contributed by atoms with Crippen molar-refractivity contribution in [3.8, 4) is 11.8 Å². The highest BCUT2D eigenvalue weighted by Gasteiger charge is 2.22. The number of halogens is 2. The van der Waals surface area contributed by atoms with E-state index in [2.05, 4.69) is 66.5 Å². The summed E-state index contributed by atoms with van der Waals surface area (Å²) in [4.78, 5) is 12.1. The highest BCUT2D eigenvalue weighted by Crippen LogP contribution is 2.37. The van der Waals surface area contributed by atoms with Crippen molar-refractivity contribution in [1.29, 1.82) is 0 Å². The van der Waals surface area contributed by atoms with Gasteiger partial charge in [-0.1, -0.05) is 61.4 Å². The minimum atomic E-state index is -1.17. The molecule has 0 aromatic heterocycles. The van der Waals surface area contributed by atoms with Gasteiger partial charge in [0, 0.05) is 7.12 Å². The van der Waals surface area contributed by atoms with Crippen LogP contribution in [-0.2, 0) is 0 Å². The van der Waals surface area contributed by atoms with E-state index in [9.17, 15) is 13.6 Å². The molecule has 0 bridgehead atoms. The summed E-state index contributed by atoms with van der Waals surface area (Å²) in [5.41, 5.74) is 6.66. The van der Waals surface area contributed by atoms with Crippen LogP contribution in [0.5, 0.6) is 0 Å². The van der Waals surface area contributed by atoms with Crippen LogP contribution >= 0.6 is 0 Å². The first-order chi connectivity index (χ1) is 17.0. The largest absolute Gasteiger partial charge is 0.378 e. The van der Waals surface area contributed by atoms with E-state index >= 15 is 0 Å². The van der Waals surface area contributed by atoms with Crippen molar-refractivity contribution in [2.75, 3.05) is 0 Å². The summed E-state index contributed by atoms with van der Waals surface area (Å²) in [5, 5.41) is 3.77. The maximum atomic E-state index is 13.8. The third-order valence-electron chi connectivity index (χ3n) is 6.08. The topological polar surface area (TPSA) is 29.1 Å². The Bertz CT molecular complexity index is 1360. The average Bonchev–Trinajstić information content (AvgIpc) is 3.71. The predicted octanol–water partition coefficient (Wildman–Crippen LogP) is 7.66. The Morgan fingerprint density at radius 1 is 1.09 bits per heavy atom. The van der Waals surface area contributed by atoms with Crippen molar-refractivity contribution in [2.45, 2.75) is 39.2 Å². The van der Waals surface area contributed by atoms with Gasteiger partial charge in [0.25, 0.3) is 0 Å². The highest BCUT2D eigenvalue weighted by molar-refractivity contribution is 6.09. The summed E-state index contributed by atoms with van der Waals surface area (Å²) < 4.78 is 27.2. The lowest BCUT2D eigenvalue weighted by molar-refractivity contribution is 0.105. The summed E-state index contributed by atoms with van der Waals surface area (Å²) in [6.07, 6.45) is 6.56. The molecule has 0 aliphatic heterocycles. The number of hydrogen-bond acceptors (Lipinski definition) is 2. The maximum absolute atomic E-state index is 13.8. The van der Waals surface area contributed by atoms with E-state index in [1.54, 1.807) is 6.08 Å². The molecule has 4 heteroatoms. The molecular weight excluding hydrogens is 440 g/mol. The maximum Gasteiger partial charge on any atom is 0.239 e. The van der Waals surface area contributed by atoms with E-state index in [0.29, 0.717) is 0 Å². The second-order valence-electron chi connectivity index (χ2n) is 8.60. The van der Waals surface area contributed by atoms with E-state index in [0.717, 1.165) is 42.0 Å². The van der Waals surface area contributed by atoms with Crippen molar-refractivity contribution in [1.82, 2.24) is 5.32 Å². The molecule has 178 valence electrons. The fourth-order valence-corrected chi connectivity index (χ4v) is 3.94. The number of Topliss-reactive ketones (excluding diaryl/α,β-unsaturated/α-hetero) is 1. The quantitative estimate of drug-likeness (QED) is 0.219. The molecule has 0 saturated heterocycles. The number of carbonyl (C=O) groups excluding carboxylic acids is 1. The lowest BCUT2D eigenvalue weighted by Gasteiger charge is -2.22. The van der Waals surface area contributed by atoms with E-state index in [1.165, 1.54) is 29.0 Å². The van der Waals surface area contributed by atoms with Crippen molar-refractivity contribution >= 4 is 17.6 Å². The first-order valence-corrected chi connectivity index (χ1v) is 11.8. The van der Waals surface area contributed by atoms with E-state index < -0.39 is 17.4 Å². The molecule has 1 N–H and O–H groups in total. The molecule has 3 aromatic rings. The molecule has 0 spiro atoms. The Hall–Kier alpha value is -3.97. The first kappa shape index (κ1) is 24.2. The standard InChI is InChI=1S/C31H27F2NO.H2/c1-3-28(22-10-5-4-6-11-22)34-31(23-18-19-23)25-17-16-21(2)24(20-25)12-7-8-15-29(35)26-13-9-14-27(32)30(26)33;/h4-7,9-14,16-17,20,28,34H,3,18-19H2,1-2H3;1H/b12-7-;. The number of benzene rings is 3. The Balaban J connectivity index is 0.00000361. The van der Waals surface area contributed by atoms with Crippen LogP contribution in [0.1, 0.15) is 66.3 Å². The molecule has 0 amide bonds. The normalized spacial score (nSPS) is 13.2. The van der Waals surface area contributed by atoms with Gasteiger partial charge in [0.2, 0.25) is 5.78 Å². The lowest BCUT2D eigenvalue weighted by atomic mass is 9.99. The molecule has 0 radical (unpaired) electrons. The summed E-state index contributed by atoms with van der Waals surface area (Å²) >= 11 is 0. The molecule has 1 atom stereocenters. The van der Waals surface area contributed by atoms with Crippen molar-refractivity contribution in [3.05, 3.63) is 118 Å². The van der Waals surface area contributed by atoms with Gasteiger partial charge in [-0.2, -0.15) is 0 Å². The summed E-state index contributed by atoms with van der Waals surface area (Å²) in [7, 11) is 0. The number of aryl methyl sites for hydroxylation is 1. The van der Waals surface area contributed by atoms with Crippen molar-refractivity contribution in [3.63, 3.8) is 0 Å². The number of hydrogen-bond donors (Lipinski definition) is 1. The minimum Gasteiger partial charge on any atom is -0.378 e. The van der Waals surface area contributed by atoms with Gasteiger partial charge >= 0.3 is 0 Å². The van der Waals surface area contributed by atoms with Gasteiger partial charge in [0.1, 0.15) is 0 Å². The van der Waals surface area contributed by atoms with Gasteiger partial charge in [-0.05, 0) is 90.3 Å². The van der Waals surface area contributed by atoms with Gasteiger partial charge in [0.05, 0.1) is 11.6 Å². The summed E-state index contributed by atoms with van der Waals surface area (Å²) in [5.74, 6) is 2.03. The predicted molar refractivity (Wildman–Crippen MR) is 140 cm³/mol. The summed E-state index contributed by atoms with van der Waals surface area (Å²) in [6.45, 7) is 4.19. The SMILES string of the molecule is CCC(NC(=C1CC1)c1ccc(C)c(/C=C\C#CC(=O)c2cccc(F)c2F)c1)c1ccccc1.[HH]. The Kier molecular flexibility index (Phi) is 7.57. The zero-order valence-corrected chi connectivity index (χ0v) is 19.9. The number of nitrogens with one attached hydrogen (secondary N) is 1. The van der Waals surface area contributed by atoms with Crippen LogP contribution in [0.4, 0.5) is 8.78 Å². The third kappa shape index (κ3) is 5.94. The second-order valence-corrected chi connectivity index (χ2v) is 8.60. The molecule has 1 fully saturated rings. The van der Waals surface area contributed by atoms with Gasteiger partial charge in [-0.3, -0.25) is 4.79 Å². The van der Waals surface area contributed by atoms with Crippen LogP contribution in [0.2, 0.25) is 0 Å².